The number of nitrogens with zero attached hydrogens (tertiary/aromatic N) is 1. The van der Waals surface area contributed by atoms with E-state index >= 15 is 0 Å². The Balaban J connectivity index is 1.53. The molecule has 1 N–H and O–H groups in total. The number of nitrogens with one attached hydrogen (secondary N) is 1. The fraction of sp³-hybridized carbons (Fsp3) is 0.438. The average Bonchev–Trinajstić information content (AvgIpc) is 3.47. The van der Waals surface area contributed by atoms with Gasteiger partial charge in [0.15, 0.2) is 5.78 Å². The van der Waals surface area contributed by atoms with Gasteiger partial charge in [-0.15, -0.1) is 0 Å². The van der Waals surface area contributed by atoms with Gasteiger partial charge in [0.1, 0.15) is 6.10 Å². The van der Waals surface area contributed by atoms with Crippen LogP contribution in [0.15, 0.2) is 65.0 Å². The Bertz CT molecular complexity index is 1500. The fourth-order valence-electron chi connectivity index (χ4n) is 6.85. The van der Waals surface area contributed by atoms with Gasteiger partial charge >= 0.3 is 5.97 Å². The smallest absolute Gasteiger partial charge is 0.337 e. The molecule has 37 heavy (non-hydrogen) atoms. The molecule has 3 aliphatic rings. The number of aryl methyl sites for hydroxylation is 1. The molecule has 0 saturated heterocycles. The van der Waals surface area contributed by atoms with Gasteiger partial charge in [0.2, 0.25) is 0 Å². The van der Waals surface area contributed by atoms with E-state index in [1.54, 1.807) is 0 Å². The maximum absolute atomic E-state index is 13.7. The summed E-state index contributed by atoms with van der Waals surface area (Å²) in [5.74, 6) is -0.595. The number of fused-ring (bicyclic) bond motifs is 3. The van der Waals surface area contributed by atoms with Crippen LogP contribution in [-0.4, -0.2) is 22.4 Å². The Hall–Kier alpha value is -3.34. The summed E-state index contributed by atoms with van der Waals surface area (Å²) in [4.78, 5) is 27.4. The third kappa shape index (κ3) is 4.00. The first kappa shape index (κ1) is 24.0. The molecule has 192 valence electrons. The van der Waals surface area contributed by atoms with Crippen LogP contribution in [0.2, 0.25) is 0 Å². The molecule has 2 aliphatic carbocycles. The van der Waals surface area contributed by atoms with Gasteiger partial charge in [0.05, 0.1) is 5.57 Å². The lowest BCUT2D eigenvalue weighted by Crippen LogP contribution is -2.39. The third-order valence-corrected chi connectivity index (χ3v) is 8.48. The van der Waals surface area contributed by atoms with Gasteiger partial charge in [-0.25, -0.2) is 4.79 Å². The van der Waals surface area contributed by atoms with E-state index in [0.717, 1.165) is 66.6 Å². The molecule has 2 aromatic carbocycles. The van der Waals surface area contributed by atoms with Crippen molar-refractivity contribution >= 4 is 33.6 Å². The van der Waals surface area contributed by atoms with Gasteiger partial charge < -0.3 is 14.6 Å². The Morgan fingerprint density at radius 2 is 1.78 bits per heavy atom. The number of carbonyl (C=O) groups is 2. The maximum Gasteiger partial charge on any atom is 0.337 e. The summed E-state index contributed by atoms with van der Waals surface area (Å²) >= 11 is 0. The second kappa shape index (κ2) is 8.90. The molecule has 5 nitrogen and oxygen atoms in total. The quantitative estimate of drug-likeness (QED) is 0.399. The van der Waals surface area contributed by atoms with Crippen LogP contribution in [0.25, 0.3) is 21.8 Å². The van der Waals surface area contributed by atoms with Crippen LogP contribution in [-0.2, 0) is 20.9 Å². The van der Waals surface area contributed by atoms with Crippen molar-refractivity contribution in [3.05, 3.63) is 70.6 Å². The average molecular weight is 497 g/mol. The number of ether oxygens (including phenoxy) is 1. The number of aromatic nitrogens is 1. The highest BCUT2D eigenvalue weighted by atomic mass is 16.5. The minimum atomic E-state index is -0.429. The van der Waals surface area contributed by atoms with Crippen molar-refractivity contribution in [2.45, 2.75) is 84.8 Å². The van der Waals surface area contributed by atoms with Crippen molar-refractivity contribution in [1.82, 2.24) is 9.88 Å². The lowest BCUT2D eigenvalue weighted by atomic mass is 9.68. The highest BCUT2D eigenvalue weighted by molar-refractivity contribution is 6.09. The summed E-state index contributed by atoms with van der Waals surface area (Å²) in [5.41, 5.74) is 6.30. The lowest BCUT2D eigenvalue weighted by Gasteiger charge is -2.39. The largest absolute Gasteiger partial charge is 0.459 e. The number of hydrogen-bond donors (Lipinski definition) is 1. The first-order valence-electron chi connectivity index (χ1n) is 13.7. The first-order valence-corrected chi connectivity index (χ1v) is 13.7. The standard InChI is InChI=1S/C32H36N2O3/c1-5-34-25-13-9-8-12-22(25)23-16-20(14-15-26(23)34)29-28(31(36)37-21-10-6-7-11-21)19(2)33-24-17-32(3,4)18-27(35)30(24)29/h8-9,12-16,21,29,33H,5-7,10-11,17-18H2,1-4H3/t29-/m1/s1. The summed E-state index contributed by atoms with van der Waals surface area (Å²) < 4.78 is 8.36. The van der Waals surface area contributed by atoms with Crippen LogP contribution in [0.3, 0.4) is 0 Å². The van der Waals surface area contributed by atoms with Gasteiger partial charge in [0.25, 0.3) is 0 Å². The van der Waals surface area contributed by atoms with Crippen molar-refractivity contribution < 1.29 is 14.3 Å². The number of rotatable bonds is 4. The highest BCUT2D eigenvalue weighted by Gasteiger charge is 2.43. The predicted octanol–water partition coefficient (Wildman–Crippen LogP) is 6.90. The van der Waals surface area contributed by atoms with Crippen molar-refractivity contribution in [2.24, 2.45) is 5.41 Å². The van der Waals surface area contributed by atoms with E-state index in [-0.39, 0.29) is 23.3 Å². The van der Waals surface area contributed by atoms with Crippen molar-refractivity contribution in [2.75, 3.05) is 0 Å². The summed E-state index contributed by atoms with van der Waals surface area (Å²) in [6, 6.07) is 14.9. The van der Waals surface area contributed by atoms with Gasteiger partial charge in [-0.1, -0.05) is 38.1 Å². The Labute approximate surface area is 218 Å². The van der Waals surface area contributed by atoms with E-state index in [1.807, 2.05) is 6.92 Å². The topological polar surface area (TPSA) is 60.3 Å². The molecule has 0 spiro atoms. The molecule has 0 bridgehead atoms. The van der Waals surface area contributed by atoms with Crippen LogP contribution in [0.4, 0.5) is 0 Å². The van der Waals surface area contributed by atoms with Crippen molar-refractivity contribution in [1.29, 1.82) is 0 Å². The molecule has 3 aromatic rings. The van der Waals surface area contributed by atoms with Crippen LogP contribution in [0, 0.1) is 5.41 Å². The van der Waals surface area contributed by atoms with Gasteiger partial charge in [0, 0.05) is 57.7 Å². The highest BCUT2D eigenvalue weighted by Crippen LogP contribution is 2.47. The van der Waals surface area contributed by atoms with Gasteiger partial charge in [-0.3, -0.25) is 4.79 Å². The summed E-state index contributed by atoms with van der Waals surface area (Å²) in [5, 5.41) is 5.82. The van der Waals surface area contributed by atoms with Gasteiger partial charge in [-0.05, 0) is 75.1 Å². The Morgan fingerprint density at radius 3 is 2.54 bits per heavy atom. The molecular weight excluding hydrogens is 460 g/mol. The molecule has 0 amide bonds. The minimum absolute atomic E-state index is 0.0326. The number of benzene rings is 2. The van der Waals surface area contributed by atoms with E-state index in [0.29, 0.717) is 12.0 Å². The maximum atomic E-state index is 13.7. The minimum Gasteiger partial charge on any atom is -0.459 e. The molecule has 1 saturated carbocycles. The number of ketones is 1. The molecule has 1 aromatic heterocycles. The van der Waals surface area contributed by atoms with Crippen LogP contribution >= 0.6 is 0 Å². The van der Waals surface area contributed by atoms with E-state index in [1.165, 1.54) is 16.4 Å². The Morgan fingerprint density at radius 1 is 1.05 bits per heavy atom. The number of dihydropyridines is 1. The molecule has 0 unspecified atom stereocenters. The zero-order valence-electron chi connectivity index (χ0n) is 22.3. The van der Waals surface area contributed by atoms with Crippen molar-refractivity contribution in [3.63, 3.8) is 0 Å². The van der Waals surface area contributed by atoms with E-state index < -0.39 is 5.92 Å². The molecule has 5 heteroatoms. The summed E-state index contributed by atoms with van der Waals surface area (Å²) in [6.45, 7) is 9.27. The zero-order valence-corrected chi connectivity index (χ0v) is 22.3. The number of para-hydroxylation sites is 1. The van der Waals surface area contributed by atoms with E-state index in [4.69, 9.17) is 4.74 Å². The van der Waals surface area contributed by atoms with Crippen LogP contribution < -0.4 is 5.32 Å². The van der Waals surface area contributed by atoms with Crippen LogP contribution in [0.1, 0.15) is 77.7 Å². The van der Waals surface area contributed by atoms with E-state index in [2.05, 4.69) is 73.1 Å². The number of hydrogen-bond acceptors (Lipinski definition) is 4. The molecular formula is C32H36N2O3. The SMILES string of the molecule is CCn1c2ccccc2c2cc([C@@H]3C(C(=O)OC4CCCC4)=C(C)NC4=C3C(=O)CC(C)(C)C4)ccc21. The normalized spacial score (nSPS) is 22.1. The number of carbonyl (C=O) groups excluding carboxylic acids is 2. The first-order chi connectivity index (χ1) is 17.8. The zero-order chi connectivity index (χ0) is 25.9. The summed E-state index contributed by atoms with van der Waals surface area (Å²) in [7, 11) is 0. The molecule has 6 rings (SSSR count). The predicted molar refractivity (Wildman–Crippen MR) is 147 cm³/mol. The number of allylic oxidation sites excluding steroid dienone is 3. The second-order valence-corrected chi connectivity index (χ2v) is 11.8. The summed E-state index contributed by atoms with van der Waals surface area (Å²) in [6.07, 6.45) is 5.25. The second-order valence-electron chi connectivity index (χ2n) is 11.8. The lowest BCUT2D eigenvalue weighted by molar-refractivity contribution is -0.144. The molecule has 0 radical (unpaired) electrons. The molecule has 1 aliphatic heterocycles. The number of esters is 1. The number of Topliss-reactive ketones (excluding diaryl/α,β-unsaturated/α-hetero) is 1. The van der Waals surface area contributed by atoms with Crippen LogP contribution in [0.5, 0.6) is 0 Å². The fourth-order valence-corrected chi connectivity index (χ4v) is 6.85. The molecule has 1 fully saturated rings. The van der Waals surface area contributed by atoms with E-state index in [9.17, 15) is 9.59 Å². The Kier molecular flexibility index (Phi) is 5.78. The van der Waals surface area contributed by atoms with Crippen molar-refractivity contribution in [3.8, 4) is 0 Å². The molecule has 1 atom stereocenters. The molecule has 2 heterocycles. The van der Waals surface area contributed by atoms with Gasteiger partial charge in [-0.2, -0.15) is 0 Å². The monoisotopic (exact) mass is 496 g/mol. The third-order valence-electron chi connectivity index (χ3n) is 8.48.